The predicted octanol–water partition coefficient (Wildman–Crippen LogP) is 3.50. The van der Waals surface area contributed by atoms with Crippen LogP contribution in [0, 0.1) is 5.82 Å². The minimum absolute atomic E-state index is 0.185. The third-order valence-corrected chi connectivity index (χ3v) is 6.20. The zero-order chi connectivity index (χ0) is 22.4. The van der Waals surface area contributed by atoms with Crippen molar-refractivity contribution in [1.29, 1.82) is 0 Å². The normalized spacial score (nSPS) is 15.8. The number of benzene rings is 1. The van der Waals surface area contributed by atoms with Gasteiger partial charge in [0.1, 0.15) is 5.82 Å². The highest BCUT2D eigenvalue weighted by atomic mass is 19.1. The van der Waals surface area contributed by atoms with Crippen LogP contribution in [0.2, 0.25) is 0 Å². The predicted molar refractivity (Wildman–Crippen MR) is 124 cm³/mol. The van der Waals surface area contributed by atoms with Gasteiger partial charge in [0.2, 0.25) is 5.95 Å². The average molecular weight is 443 g/mol. The summed E-state index contributed by atoms with van der Waals surface area (Å²) in [6.45, 7) is 0.614. The number of aromatic amines is 1. The number of H-pyrrole nitrogens is 1. The molecule has 166 valence electrons. The first-order chi connectivity index (χ1) is 16.2. The first-order valence-electron chi connectivity index (χ1n) is 11.0. The van der Waals surface area contributed by atoms with Crippen LogP contribution in [0.3, 0.4) is 0 Å². The molecular weight excluding hydrogens is 419 g/mol. The quantitative estimate of drug-likeness (QED) is 0.386. The molecule has 9 heteroatoms. The van der Waals surface area contributed by atoms with E-state index in [9.17, 15) is 4.39 Å². The number of pyridine rings is 1. The molecule has 0 saturated carbocycles. The lowest BCUT2D eigenvalue weighted by Gasteiger charge is -2.24. The van der Waals surface area contributed by atoms with E-state index in [1.165, 1.54) is 34.4 Å². The fourth-order valence-corrected chi connectivity index (χ4v) is 4.67. The maximum Gasteiger partial charge on any atom is 0.228 e. The highest BCUT2D eigenvalue weighted by Crippen LogP contribution is 2.30. The summed E-state index contributed by atoms with van der Waals surface area (Å²) in [5.41, 5.74) is 5.99. The van der Waals surface area contributed by atoms with Crippen LogP contribution < -0.4 is 10.6 Å². The van der Waals surface area contributed by atoms with E-state index in [1.54, 1.807) is 16.9 Å². The number of nitrogens with one attached hydrogen (secondary N) is 3. The van der Waals surface area contributed by atoms with Crippen molar-refractivity contribution in [2.24, 2.45) is 0 Å². The third-order valence-electron chi connectivity index (χ3n) is 6.20. The van der Waals surface area contributed by atoms with Crippen LogP contribution in [-0.4, -0.2) is 42.6 Å². The van der Waals surface area contributed by atoms with E-state index < -0.39 is 5.82 Å². The summed E-state index contributed by atoms with van der Waals surface area (Å²) in [5.74, 6) is 0.585. The molecule has 0 amide bonds. The Labute approximate surface area is 189 Å². The molecular formula is C24H23FN8. The van der Waals surface area contributed by atoms with E-state index in [4.69, 9.17) is 4.98 Å². The maximum absolute atomic E-state index is 13.9. The van der Waals surface area contributed by atoms with Crippen molar-refractivity contribution in [2.75, 3.05) is 12.4 Å². The molecule has 33 heavy (non-hydrogen) atoms. The van der Waals surface area contributed by atoms with Gasteiger partial charge in [0.25, 0.3) is 0 Å². The van der Waals surface area contributed by atoms with Crippen molar-refractivity contribution in [2.45, 2.75) is 31.8 Å². The van der Waals surface area contributed by atoms with Gasteiger partial charge in [-0.05, 0) is 44.0 Å². The van der Waals surface area contributed by atoms with Crippen molar-refractivity contribution in [1.82, 2.24) is 34.9 Å². The van der Waals surface area contributed by atoms with Gasteiger partial charge >= 0.3 is 0 Å². The van der Waals surface area contributed by atoms with Crippen molar-refractivity contribution in [3.63, 3.8) is 0 Å². The first kappa shape index (κ1) is 19.8. The highest BCUT2D eigenvalue weighted by molar-refractivity contribution is 5.85. The van der Waals surface area contributed by atoms with E-state index in [1.807, 2.05) is 7.05 Å². The second-order valence-corrected chi connectivity index (χ2v) is 8.41. The van der Waals surface area contributed by atoms with Gasteiger partial charge < -0.3 is 15.6 Å². The minimum Gasteiger partial charge on any atom is -0.358 e. The molecule has 4 aromatic heterocycles. The summed E-state index contributed by atoms with van der Waals surface area (Å²) in [5, 5.41) is 12.6. The molecule has 0 fully saturated rings. The number of halogens is 1. The fourth-order valence-electron chi connectivity index (χ4n) is 4.67. The van der Waals surface area contributed by atoms with Crippen LogP contribution in [0.5, 0.6) is 0 Å². The third kappa shape index (κ3) is 3.50. The Morgan fingerprint density at radius 2 is 2.09 bits per heavy atom. The topological polar surface area (TPSA) is 95.8 Å². The lowest BCUT2D eigenvalue weighted by atomic mass is 9.91. The number of hydrogen-bond donors (Lipinski definition) is 3. The molecule has 0 aliphatic heterocycles. The van der Waals surface area contributed by atoms with Gasteiger partial charge in [-0.3, -0.25) is 4.98 Å². The monoisotopic (exact) mass is 442 g/mol. The van der Waals surface area contributed by atoms with Gasteiger partial charge in [-0.2, -0.15) is 14.6 Å². The molecule has 0 saturated heterocycles. The number of nitrogens with zero attached hydrogens (tertiary/aromatic N) is 5. The lowest BCUT2D eigenvalue weighted by Crippen LogP contribution is -2.29. The van der Waals surface area contributed by atoms with Gasteiger partial charge in [-0.25, -0.2) is 9.37 Å². The van der Waals surface area contributed by atoms with Crippen molar-refractivity contribution >= 4 is 22.5 Å². The summed E-state index contributed by atoms with van der Waals surface area (Å²) >= 11 is 0. The highest BCUT2D eigenvalue weighted by Gasteiger charge is 2.24. The van der Waals surface area contributed by atoms with Gasteiger partial charge in [-0.15, -0.1) is 0 Å². The number of anilines is 1. The van der Waals surface area contributed by atoms with Gasteiger partial charge in [0, 0.05) is 46.5 Å². The SMILES string of the molecule is CNCc1cnn2c(N[C@@H]3CCc4[nH]c5ccccc5c4C3)nc(-c3cncc(F)c3)nc12. The summed E-state index contributed by atoms with van der Waals surface area (Å²) in [6, 6.07) is 10.0. The van der Waals surface area contributed by atoms with Crippen LogP contribution in [0.25, 0.3) is 27.9 Å². The second kappa shape index (κ2) is 7.93. The molecule has 8 nitrogen and oxygen atoms in total. The molecule has 1 aliphatic rings. The Balaban J connectivity index is 1.40. The minimum atomic E-state index is -0.423. The molecule has 0 bridgehead atoms. The number of para-hydroxylation sites is 1. The second-order valence-electron chi connectivity index (χ2n) is 8.41. The Bertz CT molecular complexity index is 1470. The Kier molecular flexibility index (Phi) is 4.76. The smallest absolute Gasteiger partial charge is 0.228 e. The maximum atomic E-state index is 13.9. The molecule has 1 aliphatic carbocycles. The Hall–Kier alpha value is -3.85. The lowest BCUT2D eigenvalue weighted by molar-refractivity contribution is 0.599. The average Bonchev–Trinajstić information content (AvgIpc) is 3.41. The molecule has 5 aromatic rings. The number of aryl methyl sites for hydroxylation is 1. The number of fused-ring (bicyclic) bond motifs is 4. The molecule has 6 rings (SSSR count). The van der Waals surface area contributed by atoms with E-state index in [0.29, 0.717) is 29.5 Å². The summed E-state index contributed by atoms with van der Waals surface area (Å²) in [7, 11) is 1.88. The standard InChI is InChI=1S/C24H23FN8/c1-26-10-15-12-28-33-23(15)31-22(14-8-16(25)13-27-11-14)32-24(33)29-17-6-7-21-19(9-17)18-4-2-3-5-20(18)30-21/h2-5,8,11-13,17,26,30H,6-7,9-10H2,1H3,(H,29,31,32)/t17-/m1/s1. The van der Waals surface area contributed by atoms with Crippen molar-refractivity contribution in [3.8, 4) is 11.4 Å². The van der Waals surface area contributed by atoms with Gasteiger partial charge in [0.15, 0.2) is 11.5 Å². The van der Waals surface area contributed by atoms with Crippen LogP contribution in [-0.2, 0) is 19.4 Å². The molecule has 0 unspecified atom stereocenters. The summed E-state index contributed by atoms with van der Waals surface area (Å²) in [6.07, 6.45) is 7.34. The molecule has 3 N–H and O–H groups in total. The molecule has 0 spiro atoms. The van der Waals surface area contributed by atoms with Crippen LogP contribution >= 0.6 is 0 Å². The molecule has 1 atom stereocenters. The van der Waals surface area contributed by atoms with E-state index in [0.717, 1.165) is 24.8 Å². The summed E-state index contributed by atoms with van der Waals surface area (Å²) < 4.78 is 15.6. The largest absolute Gasteiger partial charge is 0.358 e. The van der Waals surface area contributed by atoms with Gasteiger partial charge in [0.05, 0.1) is 12.4 Å². The van der Waals surface area contributed by atoms with Crippen LogP contribution in [0.15, 0.2) is 48.9 Å². The Morgan fingerprint density at radius 3 is 2.97 bits per heavy atom. The number of rotatable bonds is 5. The van der Waals surface area contributed by atoms with Gasteiger partial charge in [-0.1, -0.05) is 18.2 Å². The summed E-state index contributed by atoms with van der Waals surface area (Å²) in [4.78, 5) is 16.9. The fraction of sp³-hybridized carbons (Fsp3) is 0.250. The Morgan fingerprint density at radius 1 is 1.18 bits per heavy atom. The molecule has 1 aromatic carbocycles. The van der Waals surface area contributed by atoms with Crippen LogP contribution in [0.4, 0.5) is 10.3 Å². The first-order valence-corrected chi connectivity index (χ1v) is 11.0. The zero-order valence-electron chi connectivity index (χ0n) is 18.1. The van der Waals surface area contributed by atoms with E-state index in [-0.39, 0.29) is 6.04 Å². The van der Waals surface area contributed by atoms with Crippen molar-refractivity contribution < 1.29 is 4.39 Å². The van der Waals surface area contributed by atoms with E-state index in [2.05, 4.69) is 54.9 Å². The van der Waals surface area contributed by atoms with Crippen molar-refractivity contribution in [3.05, 3.63) is 71.6 Å². The van der Waals surface area contributed by atoms with E-state index >= 15 is 0 Å². The zero-order valence-corrected chi connectivity index (χ0v) is 18.1. The number of hydrogen-bond acceptors (Lipinski definition) is 6. The number of aromatic nitrogens is 6. The molecule has 0 radical (unpaired) electrons. The van der Waals surface area contributed by atoms with Crippen LogP contribution in [0.1, 0.15) is 23.2 Å². The molecule has 4 heterocycles.